The molecule has 708 valence electrons. The number of nitrogens with one attached hydrogen (secondary N) is 1. The van der Waals surface area contributed by atoms with E-state index in [9.17, 15) is 68.4 Å². The summed E-state index contributed by atoms with van der Waals surface area (Å²) in [6.07, 6.45) is 1.55. The van der Waals surface area contributed by atoms with Crippen LogP contribution in [0.15, 0.2) is 148 Å². The van der Waals surface area contributed by atoms with Gasteiger partial charge < -0.3 is 106 Å². The summed E-state index contributed by atoms with van der Waals surface area (Å²) in [5.41, 5.74) is 7.86. The summed E-state index contributed by atoms with van der Waals surface area (Å²) < 4.78 is 70.7. The highest BCUT2D eigenvalue weighted by atomic mass is 16.6. The summed E-state index contributed by atoms with van der Waals surface area (Å²) in [6, 6.07) is 32.3. The zero-order chi connectivity index (χ0) is 92.4. The average molecular weight is 1790 g/mol. The molecular weight excluding hydrogens is 1660 g/mol. The molecule has 0 aromatic heterocycles. The molecule has 0 amide bonds. The Labute approximate surface area is 748 Å². The molecule has 37 heteroatoms. The monoisotopic (exact) mass is 1790 g/mol. The minimum atomic E-state index is -1.28. The van der Waals surface area contributed by atoms with Crippen molar-refractivity contribution in [3.63, 3.8) is 0 Å². The van der Waals surface area contributed by atoms with Gasteiger partial charge in [0.2, 0.25) is 0 Å². The van der Waals surface area contributed by atoms with E-state index in [1.807, 2.05) is 24.3 Å². The fourth-order valence-corrected chi connectivity index (χ4v) is 13.3. The van der Waals surface area contributed by atoms with Gasteiger partial charge in [-0.2, -0.15) is 0 Å². The Morgan fingerprint density at radius 1 is 0.323 bits per heavy atom. The van der Waals surface area contributed by atoms with E-state index in [1.165, 1.54) is 42.1 Å². The van der Waals surface area contributed by atoms with Crippen LogP contribution in [0.2, 0.25) is 0 Å². The molecule has 8 unspecified atom stereocenters. The zero-order valence-corrected chi connectivity index (χ0v) is 73.7. The predicted octanol–water partition coefficient (Wildman–Crippen LogP) is 3.71. The van der Waals surface area contributed by atoms with E-state index < -0.39 is 98.3 Å². The third-order valence-corrected chi connectivity index (χ3v) is 19.0. The maximum atomic E-state index is 12.5. The highest BCUT2D eigenvalue weighted by Gasteiger charge is 2.34. The van der Waals surface area contributed by atoms with Crippen LogP contribution >= 0.6 is 0 Å². The van der Waals surface area contributed by atoms with E-state index in [2.05, 4.69) is 99.4 Å². The molecule has 4 aliphatic rings. The molecule has 127 heavy (non-hydrogen) atoms. The van der Waals surface area contributed by atoms with E-state index in [-0.39, 0.29) is 136 Å². The largest absolute Gasteiger partial charge is 0.465 e. The number of esters is 10. The second kappa shape index (κ2) is 58.6. The molecule has 0 bridgehead atoms. The zero-order valence-electron chi connectivity index (χ0n) is 73.7. The maximum absolute atomic E-state index is 12.5. The topological polar surface area (TPSA) is 432 Å². The van der Waals surface area contributed by atoms with E-state index in [4.69, 9.17) is 56.8 Å². The Morgan fingerprint density at radius 2 is 0.512 bits per heavy atom. The van der Waals surface area contributed by atoms with Crippen molar-refractivity contribution in [1.29, 1.82) is 0 Å². The van der Waals surface area contributed by atoms with Crippen molar-refractivity contribution in [3.8, 4) is 0 Å². The lowest BCUT2D eigenvalue weighted by Crippen LogP contribution is -2.48. The van der Waals surface area contributed by atoms with Crippen LogP contribution in [0.3, 0.4) is 0 Å². The fraction of sp³-hybridized carbons (Fsp3) is 0.533. The molecule has 0 spiro atoms. The lowest BCUT2D eigenvalue weighted by atomic mass is 10.0. The number of carbonyl (C=O) groups is 10. The summed E-state index contributed by atoms with van der Waals surface area (Å²) in [5.74, 6) is -6.29. The summed E-state index contributed by atoms with van der Waals surface area (Å²) in [7, 11) is 0. The van der Waals surface area contributed by atoms with Crippen LogP contribution in [-0.2, 0) is 127 Å². The molecule has 5 N–H and O–H groups in total. The van der Waals surface area contributed by atoms with Crippen LogP contribution in [0.1, 0.15) is 69.5 Å². The van der Waals surface area contributed by atoms with Crippen LogP contribution in [0, 0.1) is 0 Å². The highest BCUT2D eigenvalue weighted by Crippen LogP contribution is 2.28. The Balaban J connectivity index is 0.000000973. The standard InChI is InChI=1S/C57H82N6O20.C25H30N2O4.C8H15NO4.4H2/c1-9-76-50(68)34-58(35-51(69)77-10-2)26-46(64)30-62(31-47(65)27-59(36-52(70)78-11-3)37-53(71)79-12-4)44-21-17-42(18-22-44)25-43-19-23-45(24-20-43)63(32-48(66)28-60(38-54(72)80-13-5)39-55(73)81-14-6)33-49(67)29-61(40-56(74)82-15-7)41-57(75)83-16-8;1-5-20(26(10-22-14-28-22)11-23-15-29-23)6-2-18(1)9-19-3-7-21(8-4-19)27(12-24-16-30-24)13-25-17-31-25;1-3-12-7(10)5-9-6-8(11)13-4-2;;;;/h9-12,17-24,46-49,64-67H,1-4,13-16,25-41H2,5-8H3;1-8,22-25H,9-17H2;9H,3-6H2,1-2H3;4*1H. The molecule has 4 saturated heterocycles. The number of aliphatic hydroxyl groups excluding tert-OH is 4. The number of benzene rings is 4. The van der Waals surface area contributed by atoms with Crippen molar-refractivity contribution in [2.45, 2.75) is 103 Å². The Kier molecular flexibility index (Phi) is 48.4. The van der Waals surface area contributed by atoms with Gasteiger partial charge in [0.05, 0.1) is 205 Å². The smallest absolute Gasteiger partial charge is 0.324 e. The first-order chi connectivity index (χ1) is 61.1. The third-order valence-electron chi connectivity index (χ3n) is 19.0. The molecule has 8 rings (SSSR count). The number of hydrogen-bond donors (Lipinski definition) is 5. The van der Waals surface area contributed by atoms with Crippen molar-refractivity contribution < 1.29 is 140 Å². The molecule has 0 saturated carbocycles. The summed E-state index contributed by atoms with van der Waals surface area (Å²) in [6.45, 7) is 27.5. The Morgan fingerprint density at radius 3 is 0.701 bits per heavy atom. The van der Waals surface area contributed by atoms with Crippen LogP contribution in [0.5, 0.6) is 0 Å². The molecule has 0 radical (unpaired) electrons. The van der Waals surface area contributed by atoms with E-state index in [1.54, 1.807) is 75.6 Å². The highest BCUT2D eigenvalue weighted by molar-refractivity contribution is 5.78. The molecule has 0 aliphatic carbocycles. The summed E-state index contributed by atoms with van der Waals surface area (Å²) in [4.78, 5) is 135. The quantitative estimate of drug-likeness (QED) is 0.0182. The lowest BCUT2D eigenvalue weighted by molar-refractivity contribution is -0.150. The first-order valence-electron chi connectivity index (χ1n) is 42.5. The van der Waals surface area contributed by atoms with Gasteiger partial charge in [0.1, 0.15) is 0 Å². The fourth-order valence-electron chi connectivity index (χ4n) is 13.3. The number of ether oxygens (including phenoxy) is 14. The average Bonchev–Trinajstić information content (AvgIpc) is 1.74. The van der Waals surface area contributed by atoms with Crippen molar-refractivity contribution in [1.82, 2.24) is 24.9 Å². The lowest BCUT2D eigenvalue weighted by Gasteiger charge is -2.33. The number of rotatable bonds is 62. The maximum Gasteiger partial charge on any atom is 0.324 e. The molecule has 4 heterocycles. The number of aliphatic hydroxyl groups is 4. The van der Waals surface area contributed by atoms with Crippen molar-refractivity contribution in [2.24, 2.45) is 0 Å². The summed E-state index contributed by atoms with van der Waals surface area (Å²) in [5, 5.41) is 48.7. The van der Waals surface area contributed by atoms with Gasteiger partial charge >= 0.3 is 59.7 Å². The van der Waals surface area contributed by atoms with Gasteiger partial charge in [-0.15, -0.1) is 0 Å². The van der Waals surface area contributed by atoms with Gasteiger partial charge in [-0.1, -0.05) is 74.8 Å². The minimum absolute atomic E-state index is 0. The van der Waals surface area contributed by atoms with Gasteiger partial charge in [0.25, 0.3) is 0 Å². The van der Waals surface area contributed by atoms with Gasteiger partial charge in [0, 0.05) is 107 Å². The van der Waals surface area contributed by atoms with Crippen molar-refractivity contribution in [3.05, 3.63) is 171 Å². The SMILES string of the molecule is C=COC(=O)CN(CC(=O)OC=C)CC(O)CN(CC(O)CN(CC(=O)OC=C)CC(=O)OC=C)c1ccc(Cc2ccc(N(CC(O)CN(CC(=O)OCC)CC(=O)OCC)CC(O)CN(CC(=O)OCC)CC(=O)OCC)cc2)cc1.CCOC(=O)CNCC(=O)OCC.[HH].[HH].[HH].[HH].c1cc(N(CC2CO2)CC2CO2)ccc1Cc1ccc(N(CC2CO2)CC2CO2)cc1. The van der Waals surface area contributed by atoms with E-state index in [0.29, 0.717) is 55.4 Å². The van der Waals surface area contributed by atoms with Gasteiger partial charge in [-0.05, 0) is 125 Å². The number of epoxide rings is 4. The van der Waals surface area contributed by atoms with Crippen molar-refractivity contribution in [2.75, 3.05) is 230 Å². The Hall–Kier alpha value is -10.8. The normalized spacial score (nSPS) is 15.9. The molecule has 4 aliphatic heterocycles. The van der Waals surface area contributed by atoms with E-state index >= 15 is 0 Å². The second-order valence-corrected chi connectivity index (χ2v) is 29.8. The van der Waals surface area contributed by atoms with Crippen molar-refractivity contribution >= 4 is 82.4 Å². The third kappa shape index (κ3) is 45.0. The second-order valence-electron chi connectivity index (χ2n) is 29.8. The number of hydrogen-bond acceptors (Lipinski definition) is 37. The molecular formula is C90H135N9O28. The summed E-state index contributed by atoms with van der Waals surface area (Å²) >= 11 is 0. The number of nitrogens with zero attached hydrogens (tertiary/aromatic N) is 8. The molecule has 4 aromatic carbocycles. The Bertz CT molecular complexity index is 3740. The van der Waals surface area contributed by atoms with Crippen LogP contribution in [0.25, 0.3) is 0 Å². The van der Waals surface area contributed by atoms with Crippen LogP contribution in [-0.4, -0.2) is 359 Å². The van der Waals surface area contributed by atoms with Gasteiger partial charge in [-0.3, -0.25) is 72.9 Å². The molecule has 37 nitrogen and oxygen atoms in total. The number of carbonyl (C=O) groups excluding carboxylic acids is 10. The predicted molar refractivity (Wildman–Crippen MR) is 475 cm³/mol. The first kappa shape index (κ1) is 105. The van der Waals surface area contributed by atoms with Gasteiger partial charge in [-0.25, -0.2) is 0 Å². The van der Waals surface area contributed by atoms with Crippen LogP contribution in [0.4, 0.5) is 22.7 Å². The minimum Gasteiger partial charge on any atom is -0.465 e. The number of anilines is 4. The molecule has 8 atom stereocenters. The van der Waals surface area contributed by atoms with E-state index in [0.717, 1.165) is 95.2 Å². The molecule has 4 fully saturated rings. The molecule has 4 aromatic rings. The first-order valence-corrected chi connectivity index (χ1v) is 42.5. The van der Waals surface area contributed by atoms with Crippen LogP contribution < -0.4 is 24.9 Å². The van der Waals surface area contributed by atoms with Gasteiger partial charge in [0.15, 0.2) is 0 Å².